The lowest BCUT2D eigenvalue weighted by Gasteiger charge is -2.27. The van der Waals surface area contributed by atoms with Gasteiger partial charge in [-0.1, -0.05) is 152 Å². The van der Waals surface area contributed by atoms with Gasteiger partial charge in [0.15, 0.2) is 0 Å². The molecule has 50 heavy (non-hydrogen) atoms. The Labute approximate surface area is 290 Å². The minimum Gasteiger partial charge on any atom is -0.455 e. The van der Waals surface area contributed by atoms with Crippen molar-refractivity contribution in [3.8, 4) is 22.3 Å². The number of furan rings is 1. The Balaban J connectivity index is 1.13. The fourth-order valence-corrected chi connectivity index (χ4v) is 7.65. The van der Waals surface area contributed by atoms with Crippen LogP contribution in [0, 0.1) is 0 Å². The molecule has 2 nitrogen and oxygen atoms in total. The average Bonchev–Trinajstić information content (AvgIpc) is 3.58. The summed E-state index contributed by atoms with van der Waals surface area (Å²) in [6.07, 6.45) is 0. The van der Waals surface area contributed by atoms with Crippen molar-refractivity contribution in [3.05, 3.63) is 188 Å². The average molecular weight is 638 g/mol. The first kappa shape index (κ1) is 28.4. The second kappa shape index (κ2) is 11.5. The molecule has 1 heterocycles. The Morgan fingerprint density at radius 2 is 0.960 bits per heavy atom. The summed E-state index contributed by atoms with van der Waals surface area (Å²) in [5.41, 5.74) is 9.77. The zero-order chi connectivity index (χ0) is 33.0. The number of fused-ring (bicyclic) bond motifs is 8. The smallest absolute Gasteiger partial charge is 0.143 e. The van der Waals surface area contributed by atoms with Gasteiger partial charge in [0, 0.05) is 38.5 Å². The highest BCUT2D eigenvalue weighted by Gasteiger charge is 2.19. The predicted molar refractivity (Wildman–Crippen MR) is 212 cm³/mol. The molecular formula is C48H31NO. The van der Waals surface area contributed by atoms with E-state index in [4.69, 9.17) is 4.42 Å². The number of anilines is 3. The molecule has 9 aromatic carbocycles. The highest BCUT2D eigenvalue weighted by molar-refractivity contribution is 6.24. The fourth-order valence-electron chi connectivity index (χ4n) is 7.65. The monoisotopic (exact) mass is 637 g/mol. The van der Waals surface area contributed by atoms with Crippen LogP contribution in [0.3, 0.4) is 0 Å². The summed E-state index contributed by atoms with van der Waals surface area (Å²) in [4.78, 5) is 2.37. The summed E-state index contributed by atoms with van der Waals surface area (Å²) in [7, 11) is 0. The van der Waals surface area contributed by atoms with Crippen molar-refractivity contribution in [2.24, 2.45) is 0 Å². The standard InChI is InChI=1S/C48H31NO/c1-2-11-32(12-3-1)37-16-8-17-39(31-37)49(45-22-9-15-33-13-4-6-18-40(33)45)38-28-25-35(26-29-38)42-20-10-21-43-44-30-27-36-24-23-34-14-5-7-19-41(34)46(36)48(44)50-47(42)43/h1-31H. The lowest BCUT2D eigenvalue weighted by atomic mass is 9.98. The first-order valence-corrected chi connectivity index (χ1v) is 17.1. The van der Waals surface area contributed by atoms with Crippen LogP contribution in [0.15, 0.2) is 192 Å². The molecule has 0 atom stereocenters. The molecule has 0 aliphatic carbocycles. The van der Waals surface area contributed by atoms with Crippen molar-refractivity contribution in [3.63, 3.8) is 0 Å². The molecule has 0 aliphatic rings. The molecule has 0 aliphatic heterocycles. The van der Waals surface area contributed by atoms with Crippen LogP contribution in [0.5, 0.6) is 0 Å². The van der Waals surface area contributed by atoms with Crippen LogP contribution in [0.1, 0.15) is 0 Å². The van der Waals surface area contributed by atoms with Crippen LogP contribution in [0.25, 0.3) is 76.5 Å². The van der Waals surface area contributed by atoms with Crippen LogP contribution in [0.2, 0.25) is 0 Å². The minimum atomic E-state index is 0.914. The van der Waals surface area contributed by atoms with Gasteiger partial charge in [0.05, 0.1) is 5.69 Å². The van der Waals surface area contributed by atoms with Crippen molar-refractivity contribution in [1.82, 2.24) is 0 Å². The number of rotatable bonds is 5. The van der Waals surface area contributed by atoms with Crippen molar-refractivity contribution in [1.29, 1.82) is 0 Å². The Bertz CT molecular complexity index is 2860. The van der Waals surface area contributed by atoms with Crippen molar-refractivity contribution >= 4 is 71.3 Å². The molecule has 0 spiro atoms. The topological polar surface area (TPSA) is 16.4 Å². The van der Waals surface area contributed by atoms with Crippen LogP contribution in [-0.2, 0) is 0 Å². The van der Waals surface area contributed by atoms with E-state index in [0.717, 1.165) is 50.1 Å². The Morgan fingerprint density at radius 3 is 1.82 bits per heavy atom. The first-order chi connectivity index (χ1) is 24.8. The summed E-state index contributed by atoms with van der Waals surface area (Å²) in [6.45, 7) is 0. The van der Waals surface area contributed by atoms with E-state index in [9.17, 15) is 0 Å². The Morgan fingerprint density at radius 1 is 0.340 bits per heavy atom. The van der Waals surface area contributed by atoms with E-state index in [1.165, 1.54) is 43.4 Å². The third-order valence-electron chi connectivity index (χ3n) is 10.0. The van der Waals surface area contributed by atoms with Crippen LogP contribution in [0.4, 0.5) is 17.1 Å². The fraction of sp³-hybridized carbons (Fsp3) is 0. The molecule has 0 amide bonds. The van der Waals surface area contributed by atoms with Gasteiger partial charge in [-0.3, -0.25) is 0 Å². The maximum atomic E-state index is 6.87. The van der Waals surface area contributed by atoms with Crippen LogP contribution >= 0.6 is 0 Å². The number of hydrogen-bond acceptors (Lipinski definition) is 2. The minimum absolute atomic E-state index is 0.914. The lowest BCUT2D eigenvalue weighted by molar-refractivity contribution is 0.674. The molecule has 10 aromatic rings. The molecule has 0 saturated carbocycles. The summed E-state index contributed by atoms with van der Waals surface area (Å²) < 4.78 is 6.87. The third-order valence-corrected chi connectivity index (χ3v) is 10.0. The van der Waals surface area contributed by atoms with Gasteiger partial charge in [-0.15, -0.1) is 0 Å². The highest BCUT2D eigenvalue weighted by Crippen LogP contribution is 2.43. The second-order valence-corrected chi connectivity index (χ2v) is 12.9. The number of para-hydroxylation sites is 1. The van der Waals surface area contributed by atoms with Gasteiger partial charge in [0.1, 0.15) is 11.2 Å². The van der Waals surface area contributed by atoms with Crippen molar-refractivity contribution in [2.75, 3.05) is 4.90 Å². The molecule has 2 heteroatoms. The zero-order valence-corrected chi connectivity index (χ0v) is 27.3. The van der Waals surface area contributed by atoms with Gasteiger partial charge in [0.25, 0.3) is 0 Å². The van der Waals surface area contributed by atoms with Gasteiger partial charge in [-0.2, -0.15) is 0 Å². The predicted octanol–water partition coefficient (Wildman–Crippen LogP) is 13.8. The first-order valence-electron chi connectivity index (χ1n) is 17.1. The van der Waals surface area contributed by atoms with Crippen LogP contribution < -0.4 is 4.90 Å². The SMILES string of the molecule is c1ccc(-c2cccc(N(c3ccc(-c4cccc5c4oc4c5ccc5ccc6ccccc6c54)cc3)c3cccc4ccccc34)c2)cc1. The zero-order valence-electron chi connectivity index (χ0n) is 27.3. The molecule has 0 fully saturated rings. The molecule has 0 saturated heterocycles. The van der Waals surface area contributed by atoms with E-state index < -0.39 is 0 Å². The molecule has 1 aromatic heterocycles. The van der Waals surface area contributed by atoms with Crippen LogP contribution in [-0.4, -0.2) is 0 Å². The number of nitrogens with zero attached hydrogens (tertiary/aromatic N) is 1. The van der Waals surface area contributed by atoms with E-state index in [1.807, 2.05) is 0 Å². The van der Waals surface area contributed by atoms with Gasteiger partial charge in [-0.05, 0) is 74.6 Å². The van der Waals surface area contributed by atoms with E-state index in [1.54, 1.807) is 0 Å². The Kier molecular flexibility index (Phi) is 6.53. The summed E-state index contributed by atoms with van der Waals surface area (Å²) in [5, 5.41) is 9.47. The van der Waals surface area contributed by atoms with E-state index >= 15 is 0 Å². The number of hydrogen-bond donors (Lipinski definition) is 0. The normalized spacial score (nSPS) is 11.6. The van der Waals surface area contributed by atoms with E-state index in [2.05, 4.69) is 193 Å². The summed E-state index contributed by atoms with van der Waals surface area (Å²) in [5.74, 6) is 0. The maximum absolute atomic E-state index is 6.87. The number of benzene rings is 9. The summed E-state index contributed by atoms with van der Waals surface area (Å²) in [6, 6.07) is 67.4. The molecule has 0 radical (unpaired) electrons. The largest absolute Gasteiger partial charge is 0.455 e. The second-order valence-electron chi connectivity index (χ2n) is 12.9. The van der Waals surface area contributed by atoms with E-state index in [0.29, 0.717) is 0 Å². The highest BCUT2D eigenvalue weighted by atomic mass is 16.3. The Hall–Kier alpha value is -6.64. The lowest BCUT2D eigenvalue weighted by Crippen LogP contribution is -2.10. The van der Waals surface area contributed by atoms with Gasteiger partial charge >= 0.3 is 0 Å². The van der Waals surface area contributed by atoms with Crippen molar-refractivity contribution < 1.29 is 4.42 Å². The quantitative estimate of drug-likeness (QED) is 0.175. The molecular weight excluding hydrogens is 607 g/mol. The molecule has 0 unspecified atom stereocenters. The third kappa shape index (κ3) is 4.57. The molecule has 0 bridgehead atoms. The van der Waals surface area contributed by atoms with Crippen molar-refractivity contribution in [2.45, 2.75) is 0 Å². The molecule has 0 N–H and O–H groups in total. The molecule has 234 valence electrons. The molecule has 10 rings (SSSR count). The summed E-state index contributed by atoms with van der Waals surface area (Å²) >= 11 is 0. The maximum Gasteiger partial charge on any atom is 0.143 e. The van der Waals surface area contributed by atoms with Gasteiger partial charge in [-0.25, -0.2) is 0 Å². The van der Waals surface area contributed by atoms with Gasteiger partial charge in [0.2, 0.25) is 0 Å². The van der Waals surface area contributed by atoms with Gasteiger partial charge < -0.3 is 9.32 Å². The van der Waals surface area contributed by atoms with E-state index in [-0.39, 0.29) is 0 Å².